The zero-order valence-electron chi connectivity index (χ0n) is 12.8. The smallest absolute Gasteiger partial charge is 0.225 e. The molecule has 1 aliphatic heterocycles. The quantitative estimate of drug-likeness (QED) is 0.847. The van der Waals surface area contributed by atoms with Gasteiger partial charge in [0.05, 0.1) is 17.5 Å². The third-order valence-electron chi connectivity index (χ3n) is 4.32. The first kappa shape index (κ1) is 15.9. The number of halogens is 1. The molecule has 0 bridgehead atoms. The lowest BCUT2D eigenvalue weighted by Gasteiger charge is -2.27. The Balaban J connectivity index is 1.69. The highest BCUT2D eigenvalue weighted by Gasteiger charge is 2.24. The summed E-state index contributed by atoms with van der Waals surface area (Å²) in [6.45, 7) is 1.41. The van der Waals surface area contributed by atoms with Gasteiger partial charge in [0.25, 0.3) is 0 Å². The highest BCUT2D eigenvalue weighted by molar-refractivity contribution is 6.35. The van der Waals surface area contributed by atoms with E-state index in [4.69, 9.17) is 22.8 Å². The lowest BCUT2D eigenvalue weighted by molar-refractivity contribution is -0.121. The fourth-order valence-corrected chi connectivity index (χ4v) is 3.39. The van der Waals surface area contributed by atoms with Gasteiger partial charge in [-0.2, -0.15) is 0 Å². The van der Waals surface area contributed by atoms with E-state index in [1.165, 1.54) is 0 Å². The van der Waals surface area contributed by atoms with Gasteiger partial charge in [-0.3, -0.25) is 4.79 Å². The molecule has 2 heterocycles. The molecule has 3 rings (SSSR count). The molecule has 0 saturated carbocycles. The molecule has 1 aromatic heterocycles. The van der Waals surface area contributed by atoms with Gasteiger partial charge in [-0.05, 0) is 36.5 Å². The van der Waals surface area contributed by atoms with Gasteiger partial charge >= 0.3 is 0 Å². The number of amides is 1. The molecule has 0 aliphatic carbocycles. The first-order valence-electron chi connectivity index (χ1n) is 7.76. The number of nitrogens with one attached hydrogen (secondary N) is 2. The van der Waals surface area contributed by atoms with E-state index in [1.54, 1.807) is 0 Å². The number of hydrogen-bond donors (Lipinski definition) is 2. The average molecular weight is 331 g/mol. The monoisotopic (exact) mass is 330 g/mol. The molecule has 1 aromatic carbocycles. The summed E-state index contributed by atoms with van der Waals surface area (Å²) in [5.41, 5.74) is 1.81. The lowest BCUT2D eigenvalue weighted by Crippen LogP contribution is -2.42. The van der Waals surface area contributed by atoms with Gasteiger partial charge < -0.3 is 15.0 Å². The molecule has 0 unspecified atom stereocenters. The van der Waals surface area contributed by atoms with Gasteiger partial charge in [0.1, 0.15) is 0 Å². The van der Waals surface area contributed by atoms with Gasteiger partial charge in [0.15, 0.2) is 0 Å². The normalized spacial score (nSPS) is 16.9. The molecule has 2 N–H and O–H groups in total. The maximum absolute atomic E-state index is 12.4. The second-order valence-electron chi connectivity index (χ2n) is 5.81. The van der Waals surface area contributed by atoms with Gasteiger partial charge in [-0.15, -0.1) is 6.42 Å². The number of benzene rings is 1. The van der Waals surface area contributed by atoms with Crippen LogP contribution in [0.1, 0.15) is 18.4 Å². The number of fused-ring (bicyclic) bond motifs is 1. The zero-order chi connectivity index (χ0) is 16.2. The van der Waals surface area contributed by atoms with Gasteiger partial charge in [0, 0.05) is 30.3 Å². The van der Waals surface area contributed by atoms with E-state index < -0.39 is 0 Å². The van der Waals surface area contributed by atoms with Crippen LogP contribution in [0.4, 0.5) is 0 Å². The van der Waals surface area contributed by atoms with E-state index in [9.17, 15) is 4.79 Å². The maximum atomic E-state index is 12.4. The maximum Gasteiger partial charge on any atom is 0.225 e. The molecule has 4 nitrogen and oxygen atoms in total. The van der Waals surface area contributed by atoms with E-state index in [-0.39, 0.29) is 24.3 Å². The molecule has 1 aliphatic rings. The molecule has 1 saturated heterocycles. The summed E-state index contributed by atoms with van der Waals surface area (Å²) in [5, 5.41) is 4.51. The number of hydrogen-bond acceptors (Lipinski definition) is 2. The summed E-state index contributed by atoms with van der Waals surface area (Å²) in [5.74, 6) is 2.91. The molecule has 23 heavy (non-hydrogen) atoms. The summed E-state index contributed by atoms with van der Waals surface area (Å²) >= 11 is 6.24. The summed E-state index contributed by atoms with van der Waals surface area (Å²) < 4.78 is 5.35. The molecule has 1 fully saturated rings. The van der Waals surface area contributed by atoms with E-state index in [2.05, 4.69) is 16.2 Å². The Morgan fingerprint density at radius 1 is 1.48 bits per heavy atom. The van der Waals surface area contributed by atoms with Crippen molar-refractivity contribution in [1.82, 2.24) is 10.3 Å². The minimum Gasteiger partial charge on any atom is -0.381 e. The fraction of sp³-hybridized carbons (Fsp3) is 0.389. The van der Waals surface area contributed by atoms with Crippen molar-refractivity contribution in [3.8, 4) is 12.3 Å². The first-order valence-corrected chi connectivity index (χ1v) is 8.14. The van der Waals surface area contributed by atoms with Crippen molar-refractivity contribution in [2.75, 3.05) is 13.2 Å². The summed E-state index contributed by atoms with van der Waals surface area (Å²) in [6, 6.07) is 5.40. The predicted molar refractivity (Wildman–Crippen MR) is 91.3 cm³/mol. The van der Waals surface area contributed by atoms with Crippen molar-refractivity contribution in [3.63, 3.8) is 0 Å². The third-order valence-corrected chi connectivity index (χ3v) is 4.64. The van der Waals surface area contributed by atoms with Crippen molar-refractivity contribution in [3.05, 3.63) is 35.0 Å². The van der Waals surface area contributed by atoms with Gasteiger partial charge in [-0.25, -0.2) is 0 Å². The first-order chi connectivity index (χ1) is 11.2. The Hall–Kier alpha value is -1.96. The van der Waals surface area contributed by atoms with E-state index in [1.807, 2.05) is 24.4 Å². The number of H-pyrrole nitrogens is 1. The van der Waals surface area contributed by atoms with Crippen LogP contribution in [-0.4, -0.2) is 30.1 Å². The van der Waals surface area contributed by atoms with Crippen LogP contribution < -0.4 is 5.32 Å². The van der Waals surface area contributed by atoms with Crippen LogP contribution in [0.15, 0.2) is 24.4 Å². The highest BCUT2D eigenvalue weighted by atomic mass is 35.5. The van der Waals surface area contributed by atoms with Crippen molar-refractivity contribution in [2.24, 2.45) is 5.92 Å². The minimum atomic E-state index is -0.243. The molecule has 5 heteroatoms. The summed E-state index contributed by atoms with van der Waals surface area (Å²) in [7, 11) is 0. The number of aromatic nitrogens is 1. The zero-order valence-corrected chi connectivity index (χ0v) is 13.5. The van der Waals surface area contributed by atoms with Crippen LogP contribution in [0.25, 0.3) is 10.9 Å². The van der Waals surface area contributed by atoms with E-state index in [0.29, 0.717) is 18.2 Å². The van der Waals surface area contributed by atoms with Crippen LogP contribution in [0.3, 0.4) is 0 Å². The van der Waals surface area contributed by atoms with Crippen molar-refractivity contribution in [2.45, 2.75) is 25.3 Å². The number of rotatable bonds is 4. The van der Waals surface area contributed by atoms with Gasteiger partial charge in [0.2, 0.25) is 5.91 Å². The molecule has 120 valence electrons. The molecule has 2 aromatic rings. The van der Waals surface area contributed by atoms with Crippen molar-refractivity contribution < 1.29 is 9.53 Å². The predicted octanol–water partition coefficient (Wildman–Crippen LogP) is 2.91. The van der Waals surface area contributed by atoms with Crippen LogP contribution in [-0.2, 0) is 16.0 Å². The lowest BCUT2D eigenvalue weighted by atomic mass is 9.92. The van der Waals surface area contributed by atoms with Crippen molar-refractivity contribution in [1.29, 1.82) is 0 Å². The Morgan fingerprint density at radius 3 is 3.00 bits per heavy atom. The number of aromatic amines is 1. The Bertz CT molecular complexity index is 741. The molecule has 1 amide bonds. The van der Waals surface area contributed by atoms with Gasteiger partial charge in [-0.1, -0.05) is 23.6 Å². The standard InChI is InChI=1S/C18H19ClN2O2/c1-2-15(12-6-8-23-9-7-12)21-17(22)10-13-11-20-16-5-3-4-14(19)18(13)16/h1,3-5,11-12,15,20H,6-10H2,(H,21,22)/t15-/m1/s1. The minimum absolute atomic E-state index is 0.0831. The average Bonchev–Trinajstić information content (AvgIpc) is 2.98. The second-order valence-corrected chi connectivity index (χ2v) is 6.22. The van der Waals surface area contributed by atoms with E-state index >= 15 is 0 Å². The van der Waals surface area contributed by atoms with Crippen LogP contribution in [0, 0.1) is 18.3 Å². The number of ether oxygens (including phenoxy) is 1. The molecule has 0 radical (unpaired) electrons. The van der Waals surface area contributed by atoms with Crippen LogP contribution in [0.5, 0.6) is 0 Å². The Kier molecular flexibility index (Phi) is 4.90. The number of carbonyl (C=O) groups excluding carboxylic acids is 1. The van der Waals surface area contributed by atoms with Crippen LogP contribution >= 0.6 is 11.6 Å². The highest BCUT2D eigenvalue weighted by Crippen LogP contribution is 2.27. The molecule has 0 spiro atoms. The Morgan fingerprint density at radius 2 is 2.26 bits per heavy atom. The number of terminal acetylenes is 1. The van der Waals surface area contributed by atoms with Crippen molar-refractivity contribution >= 4 is 28.4 Å². The number of carbonyl (C=O) groups is 1. The molecule has 1 atom stereocenters. The summed E-state index contributed by atoms with van der Waals surface area (Å²) in [4.78, 5) is 15.5. The molecular weight excluding hydrogens is 312 g/mol. The fourth-order valence-electron chi connectivity index (χ4n) is 3.09. The van der Waals surface area contributed by atoms with E-state index in [0.717, 1.165) is 29.3 Å². The van der Waals surface area contributed by atoms with Crippen LogP contribution in [0.2, 0.25) is 5.02 Å². The second kappa shape index (κ2) is 7.08. The third kappa shape index (κ3) is 3.52. The largest absolute Gasteiger partial charge is 0.381 e. The summed E-state index contributed by atoms with van der Waals surface area (Å²) in [6.07, 6.45) is 9.46. The molecular formula is C18H19ClN2O2. The Labute approximate surface area is 140 Å². The topological polar surface area (TPSA) is 54.1 Å². The SMILES string of the molecule is C#C[C@@H](NC(=O)Cc1c[nH]c2cccc(Cl)c12)C1CCOCC1.